The summed E-state index contributed by atoms with van der Waals surface area (Å²) in [5.41, 5.74) is -2.52. The standard InChI is InChI=1S/C22H17F7N4O4S/c1-38(35,36)31-15-8-33-16(22(15,28)29)2-3-32(21(33)34)20-18-11(17-12(24)6-10(23)7-13(17)25)4-9(19(26)27)5-14(18)37-30-20/h4-7,15-16,19,31H,2-3,8H2,1H3/t15-,16-/m1/s1. The zero-order valence-electron chi connectivity index (χ0n) is 19.2. The van der Waals surface area contributed by atoms with Crippen LogP contribution in [0.4, 0.5) is 41.3 Å². The molecule has 2 amide bonds. The van der Waals surface area contributed by atoms with Crippen molar-refractivity contribution >= 4 is 32.8 Å². The number of alkyl halides is 4. The van der Waals surface area contributed by atoms with E-state index in [9.17, 15) is 43.9 Å². The molecule has 0 radical (unpaired) electrons. The van der Waals surface area contributed by atoms with E-state index in [-0.39, 0.29) is 11.8 Å². The maximum Gasteiger partial charge on any atom is 0.326 e. The third kappa shape index (κ3) is 4.24. The lowest BCUT2D eigenvalue weighted by molar-refractivity contribution is -0.0448. The highest BCUT2D eigenvalue weighted by Gasteiger charge is 2.60. The minimum Gasteiger partial charge on any atom is -0.354 e. The van der Waals surface area contributed by atoms with Crippen LogP contribution in [0.1, 0.15) is 18.4 Å². The summed E-state index contributed by atoms with van der Waals surface area (Å²) in [7, 11) is -4.05. The van der Waals surface area contributed by atoms with E-state index >= 15 is 0 Å². The van der Waals surface area contributed by atoms with Crippen LogP contribution >= 0.6 is 0 Å². The van der Waals surface area contributed by atoms with Crippen LogP contribution in [0.15, 0.2) is 28.8 Å². The summed E-state index contributed by atoms with van der Waals surface area (Å²) < 4.78 is 130. The summed E-state index contributed by atoms with van der Waals surface area (Å²) in [5.74, 6) is -8.14. The molecule has 2 fully saturated rings. The monoisotopic (exact) mass is 566 g/mol. The third-order valence-corrected chi connectivity index (χ3v) is 7.20. The van der Waals surface area contributed by atoms with Crippen LogP contribution in [0.2, 0.25) is 0 Å². The summed E-state index contributed by atoms with van der Waals surface area (Å²) in [5, 5.41) is 3.41. The number of sulfonamides is 1. The normalized spacial score (nSPS) is 21.6. The predicted octanol–water partition coefficient (Wildman–Crippen LogP) is 4.42. The van der Waals surface area contributed by atoms with E-state index < -0.39 is 99.1 Å². The van der Waals surface area contributed by atoms with Gasteiger partial charge in [-0.3, -0.25) is 4.90 Å². The Balaban J connectivity index is 1.62. The number of nitrogens with zero attached hydrogens (tertiary/aromatic N) is 3. The van der Waals surface area contributed by atoms with E-state index in [0.717, 1.165) is 21.9 Å². The number of anilines is 1. The zero-order valence-corrected chi connectivity index (χ0v) is 20.0. The van der Waals surface area contributed by atoms with Crippen LogP contribution in [0, 0.1) is 17.5 Å². The van der Waals surface area contributed by atoms with E-state index in [1.807, 2.05) is 4.72 Å². The van der Waals surface area contributed by atoms with E-state index in [2.05, 4.69) is 5.16 Å². The summed E-state index contributed by atoms with van der Waals surface area (Å²) in [4.78, 5) is 14.9. The Kier molecular flexibility index (Phi) is 6.09. The van der Waals surface area contributed by atoms with Gasteiger partial charge in [0, 0.05) is 36.3 Å². The van der Waals surface area contributed by atoms with Gasteiger partial charge in [0.1, 0.15) is 29.5 Å². The molecule has 2 aliphatic heterocycles. The van der Waals surface area contributed by atoms with Crippen LogP contribution in [-0.2, 0) is 10.0 Å². The molecule has 5 rings (SSSR count). The van der Waals surface area contributed by atoms with Crippen LogP contribution in [0.5, 0.6) is 0 Å². The number of fused-ring (bicyclic) bond motifs is 2. The molecule has 2 aliphatic rings. The van der Waals surface area contributed by atoms with E-state index in [4.69, 9.17) is 4.52 Å². The Morgan fingerprint density at radius 2 is 1.79 bits per heavy atom. The summed E-state index contributed by atoms with van der Waals surface area (Å²) in [6, 6.07) is -2.37. The van der Waals surface area contributed by atoms with Crippen molar-refractivity contribution in [1.29, 1.82) is 0 Å². The fourth-order valence-corrected chi connectivity index (χ4v) is 5.65. The van der Waals surface area contributed by atoms with E-state index in [1.54, 1.807) is 0 Å². The van der Waals surface area contributed by atoms with Crippen molar-refractivity contribution in [2.24, 2.45) is 0 Å². The topological polar surface area (TPSA) is 95.8 Å². The number of carbonyl (C=O) groups is 1. The lowest BCUT2D eigenvalue weighted by Crippen LogP contribution is -2.56. The van der Waals surface area contributed by atoms with Crippen molar-refractivity contribution in [3.05, 3.63) is 47.3 Å². The molecule has 1 N–H and O–H groups in total. The molecular weight excluding hydrogens is 549 g/mol. The van der Waals surface area contributed by atoms with Crippen molar-refractivity contribution in [1.82, 2.24) is 14.8 Å². The first kappa shape index (κ1) is 26.2. The molecule has 16 heteroatoms. The molecule has 2 aromatic carbocycles. The largest absolute Gasteiger partial charge is 0.354 e. The highest BCUT2D eigenvalue weighted by Crippen LogP contribution is 2.44. The van der Waals surface area contributed by atoms with Gasteiger partial charge >= 0.3 is 6.03 Å². The Bertz CT molecular complexity index is 1540. The first-order chi connectivity index (χ1) is 17.7. The average molecular weight is 566 g/mol. The first-order valence-electron chi connectivity index (χ1n) is 11.0. The molecule has 0 saturated carbocycles. The second-order valence-electron chi connectivity index (χ2n) is 9.00. The van der Waals surface area contributed by atoms with E-state index in [1.165, 1.54) is 0 Å². The fraction of sp³-hybridized carbons (Fsp3) is 0.364. The maximum absolute atomic E-state index is 14.9. The van der Waals surface area contributed by atoms with Gasteiger partial charge in [-0.25, -0.2) is 48.7 Å². The van der Waals surface area contributed by atoms with E-state index in [0.29, 0.717) is 18.4 Å². The third-order valence-electron chi connectivity index (χ3n) is 6.49. The van der Waals surface area contributed by atoms with Crippen molar-refractivity contribution in [3.8, 4) is 11.1 Å². The minimum absolute atomic E-state index is 0.289. The van der Waals surface area contributed by atoms with Gasteiger partial charge in [0.2, 0.25) is 10.0 Å². The van der Waals surface area contributed by atoms with Crippen LogP contribution in [0.25, 0.3) is 22.1 Å². The number of nitrogens with one attached hydrogen (secondary N) is 1. The number of amides is 2. The zero-order chi connectivity index (χ0) is 27.7. The lowest BCUT2D eigenvalue weighted by Gasteiger charge is -2.37. The average Bonchev–Trinajstić information content (AvgIpc) is 3.31. The van der Waals surface area contributed by atoms with Crippen molar-refractivity contribution in [3.63, 3.8) is 0 Å². The molecular formula is C22H17F7N4O4S. The molecule has 2 atom stereocenters. The van der Waals surface area contributed by atoms with Crippen molar-refractivity contribution in [2.45, 2.75) is 30.9 Å². The molecule has 3 heterocycles. The molecule has 38 heavy (non-hydrogen) atoms. The molecule has 0 spiro atoms. The quantitative estimate of drug-likeness (QED) is 0.462. The number of hydrogen-bond acceptors (Lipinski definition) is 5. The molecule has 0 aliphatic carbocycles. The highest BCUT2D eigenvalue weighted by molar-refractivity contribution is 7.88. The van der Waals surface area contributed by atoms with Gasteiger partial charge < -0.3 is 9.42 Å². The Morgan fingerprint density at radius 3 is 2.39 bits per heavy atom. The van der Waals surface area contributed by atoms with Crippen LogP contribution in [-0.4, -0.2) is 61.9 Å². The fourth-order valence-electron chi connectivity index (χ4n) is 4.90. The van der Waals surface area contributed by atoms with Gasteiger partial charge in [0.25, 0.3) is 12.3 Å². The Hall–Kier alpha value is -3.40. The first-order valence-corrected chi connectivity index (χ1v) is 12.9. The highest BCUT2D eigenvalue weighted by atomic mass is 32.2. The smallest absolute Gasteiger partial charge is 0.326 e. The molecule has 0 bridgehead atoms. The van der Waals surface area contributed by atoms with Gasteiger partial charge in [-0.1, -0.05) is 5.16 Å². The summed E-state index contributed by atoms with van der Waals surface area (Å²) in [6.07, 6.45) is -2.78. The van der Waals surface area contributed by atoms with Crippen molar-refractivity contribution < 1.29 is 48.5 Å². The summed E-state index contributed by atoms with van der Waals surface area (Å²) >= 11 is 0. The number of hydrogen-bond donors (Lipinski definition) is 1. The van der Waals surface area contributed by atoms with Gasteiger partial charge in [0.05, 0.1) is 17.2 Å². The second kappa shape index (κ2) is 8.83. The van der Waals surface area contributed by atoms with Gasteiger partial charge in [-0.2, -0.15) is 0 Å². The van der Waals surface area contributed by atoms with Gasteiger partial charge in [0.15, 0.2) is 11.4 Å². The van der Waals surface area contributed by atoms with Crippen LogP contribution in [0.3, 0.4) is 0 Å². The Morgan fingerprint density at radius 1 is 1.13 bits per heavy atom. The number of aromatic nitrogens is 1. The lowest BCUT2D eigenvalue weighted by atomic mass is 9.97. The predicted molar refractivity (Wildman–Crippen MR) is 119 cm³/mol. The number of benzene rings is 2. The molecule has 3 aromatic rings. The summed E-state index contributed by atoms with van der Waals surface area (Å²) in [6.45, 7) is -1.09. The van der Waals surface area contributed by atoms with Gasteiger partial charge in [-0.15, -0.1) is 0 Å². The molecule has 204 valence electrons. The number of rotatable bonds is 5. The van der Waals surface area contributed by atoms with Gasteiger partial charge in [-0.05, 0) is 18.6 Å². The minimum atomic E-state index is -4.05. The molecule has 8 nitrogen and oxygen atoms in total. The maximum atomic E-state index is 14.9. The molecule has 1 aromatic heterocycles. The SMILES string of the molecule is CS(=O)(=O)N[C@@H]1CN2C(=O)N(c3noc4cc(C(F)F)cc(-c5c(F)cc(F)cc5F)c34)CC[C@@H]2C1(F)F. The Labute approximate surface area is 210 Å². The van der Waals surface area contributed by atoms with Crippen LogP contribution < -0.4 is 9.62 Å². The molecule has 2 saturated heterocycles. The van der Waals surface area contributed by atoms with Crippen molar-refractivity contribution in [2.75, 3.05) is 24.2 Å². The number of carbonyl (C=O) groups excluding carboxylic acids is 1. The number of urea groups is 1. The second-order valence-corrected chi connectivity index (χ2v) is 10.8. The molecule has 0 unspecified atom stereocenters. The number of halogens is 7.